The minimum atomic E-state index is -0.521. The molecule has 0 aromatic heterocycles. The van der Waals surface area contributed by atoms with Gasteiger partial charge in [0.25, 0.3) is 0 Å². The molecule has 2 rings (SSSR count). The zero-order valence-electron chi connectivity index (χ0n) is 11.9. The summed E-state index contributed by atoms with van der Waals surface area (Å²) in [7, 11) is 4.29. The summed E-state index contributed by atoms with van der Waals surface area (Å²) in [6.07, 6.45) is 1.94. The lowest BCUT2D eigenvalue weighted by atomic mass is 10.0. The van der Waals surface area contributed by atoms with Crippen molar-refractivity contribution in [3.63, 3.8) is 0 Å². The maximum Gasteiger partial charge on any atom is 0.0776 e. The van der Waals surface area contributed by atoms with Crippen molar-refractivity contribution in [2.45, 2.75) is 31.9 Å². The second-order valence-electron chi connectivity index (χ2n) is 5.55. The standard InChI is InChI=1S/C15H23ClN2O/c1-11(19)14-7-6-12(9-15(14)16)18(3)13-5-4-8-17(2)10-13/h6-7,9,11,13,19H,4-5,8,10H2,1-3H3. The van der Waals surface area contributed by atoms with Crippen LogP contribution in [-0.2, 0) is 0 Å². The highest BCUT2D eigenvalue weighted by Crippen LogP contribution is 2.29. The molecule has 0 spiro atoms. The molecule has 106 valence electrons. The van der Waals surface area contributed by atoms with Crippen molar-refractivity contribution in [1.82, 2.24) is 4.90 Å². The maximum absolute atomic E-state index is 9.61. The summed E-state index contributed by atoms with van der Waals surface area (Å²) in [6.45, 7) is 4.01. The minimum absolute atomic E-state index is 0.521. The van der Waals surface area contributed by atoms with Gasteiger partial charge in [-0.25, -0.2) is 0 Å². The molecule has 1 aliphatic heterocycles. The van der Waals surface area contributed by atoms with Crippen LogP contribution in [0, 0.1) is 0 Å². The van der Waals surface area contributed by atoms with Crippen molar-refractivity contribution in [2.75, 3.05) is 32.1 Å². The number of likely N-dealkylation sites (N-methyl/N-ethyl adjacent to an activating group) is 2. The van der Waals surface area contributed by atoms with Gasteiger partial charge in [-0.1, -0.05) is 17.7 Å². The number of piperidine rings is 1. The van der Waals surface area contributed by atoms with Gasteiger partial charge in [-0.15, -0.1) is 0 Å². The number of benzene rings is 1. The van der Waals surface area contributed by atoms with Gasteiger partial charge in [0.05, 0.1) is 6.10 Å². The van der Waals surface area contributed by atoms with Gasteiger partial charge in [0.15, 0.2) is 0 Å². The maximum atomic E-state index is 9.61. The Kier molecular flexibility index (Phi) is 4.71. The van der Waals surface area contributed by atoms with Gasteiger partial charge in [-0.3, -0.25) is 0 Å². The fourth-order valence-electron chi connectivity index (χ4n) is 2.74. The number of likely N-dealkylation sites (tertiary alicyclic amines) is 1. The third-order valence-corrected chi connectivity index (χ3v) is 4.32. The van der Waals surface area contributed by atoms with Crippen molar-refractivity contribution >= 4 is 17.3 Å². The molecule has 2 atom stereocenters. The molecule has 19 heavy (non-hydrogen) atoms. The van der Waals surface area contributed by atoms with E-state index in [4.69, 9.17) is 11.6 Å². The van der Waals surface area contributed by atoms with Crippen molar-refractivity contribution in [1.29, 1.82) is 0 Å². The van der Waals surface area contributed by atoms with Crippen molar-refractivity contribution < 1.29 is 5.11 Å². The van der Waals surface area contributed by atoms with Crippen LogP contribution in [0.15, 0.2) is 18.2 Å². The van der Waals surface area contributed by atoms with Gasteiger partial charge < -0.3 is 14.9 Å². The summed E-state index contributed by atoms with van der Waals surface area (Å²) in [5, 5.41) is 10.3. The summed E-state index contributed by atoms with van der Waals surface area (Å²) >= 11 is 6.24. The summed E-state index contributed by atoms with van der Waals surface area (Å²) in [5.41, 5.74) is 1.91. The SMILES string of the molecule is CC(O)c1ccc(N(C)C2CCCN(C)C2)cc1Cl. The molecule has 1 fully saturated rings. The fourth-order valence-corrected chi connectivity index (χ4v) is 3.07. The van der Waals surface area contributed by atoms with Crippen LogP contribution >= 0.6 is 11.6 Å². The third-order valence-electron chi connectivity index (χ3n) is 3.99. The lowest BCUT2D eigenvalue weighted by Crippen LogP contribution is -2.45. The van der Waals surface area contributed by atoms with E-state index in [0.717, 1.165) is 17.8 Å². The first-order valence-corrected chi connectivity index (χ1v) is 7.25. The van der Waals surface area contributed by atoms with E-state index in [1.165, 1.54) is 19.4 Å². The van der Waals surface area contributed by atoms with Crippen LogP contribution in [-0.4, -0.2) is 43.2 Å². The minimum Gasteiger partial charge on any atom is -0.389 e. The van der Waals surface area contributed by atoms with Gasteiger partial charge in [-0.05, 0) is 51.1 Å². The number of hydrogen-bond donors (Lipinski definition) is 1. The molecular weight excluding hydrogens is 260 g/mol. The molecule has 0 aliphatic carbocycles. The summed E-state index contributed by atoms with van der Waals surface area (Å²) in [4.78, 5) is 4.67. The second kappa shape index (κ2) is 6.12. The Labute approximate surface area is 120 Å². The number of hydrogen-bond acceptors (Lipinski definition) is 3. The number of anilines is 1. The fraction of sp³-hybridized carbons (Fsp3) is 0.600. The van der Waals surface area contributed by atoms with E-state index in [0.29, 0.717) is 11.1 Å². The van der Waals surface area contributed by atoms with Crippen LogP contribution in [0.25, 0.3) is 0 Å². The molecule has 1 saturated heterocycles. The molecule has 1 aromatic carbocycles. The van der Waals surface area contributed by atoms with Gasteiger partial charge in [0.2, 0.25) is 0 Å². The van der Waals surface area contributed by atoms with E-state index in [-0.39, 0.29) is 0 Å². The van der Waals surface area contributed by atoms with E-state index in [9.17, 15) is 5.11 Å². The Morgan fingerprint density at radius 1 is 1.47 bits per heavy atom. The van der Waals surface area contributed by atoms with Crippen LogP contribution in [0.1, 0.15) is 31.4 Å². The molecule has 0 bridgehead atoms. The van der Waals surface area contributed by atoms with Gasteiger partial charge in [0, 0.05) is 30.3 Å². The van der Waals surface area contributed by atoms with E-state index in [2.05, 4.69) is 23.9 Å². The highest BCUT2D eigenvalue weighted by molar-refractivity contribution is 6.31. The molecule has 0 saturated carbocycles. The summed E-state index contributed by atoms with van der Waals surface area (Å²) in [5.74, 6) is 0. The van der Waals surface area contributed by atoms with Crippen molar-refractivity contribution in [2.24, 2.45) is 0 Å². The summed E-state index contributed by atoms with van der Waals surface area (Å²) < 4.78 is 0. The van der Waals surface area contributed by atoms with Crippen molar-refractivity contribution in [3.05, 3.63) is 28.8 Å². The van der Waals surface area contributed by atoms with Crippen LogP contribution in [0.3, 0.4) is 0 Å². The van der Waals surface area contributed by atoms with Crippen LogP contribution in [0.4, 0.5) is 5.69 Å². The van der Waals surface area contributed by atoms with Crippen LogP contribution in [0.5, 0.6) is 0 Å². The molecule has 1 heterocycles. The highest BCUT2D eigenvalue weighted by Gasteiger charge is 2.21. The summed E-state index contributed by atoms with van der Waals surface area (Å²) in [6, 6.07) is 6.46. The molecule has 1 N–H and O–H groups in total. The topological polar surface area (TPSA) is 26.7 Å². The van der Waals surface area contributed by atoms with Gasteiger partial charge in [-0.2, -0.15) is 0 Å². The average molecular weight is 283 g/mol. The van der Waals surface area contributed by atoms with Crippen molar-refractivity contribution in [3.8, 4) is 0 Å². The molecule has 1 aromatic rings. The van der Waals surface area contributed by atoms with E-state index < -0.39 is 6.10 Å². The highest BCUT2D eigenvalue weighted by atomic mass is 35.5. The monoisotopic (exact) mass is 282 g/mol. The number of nitrogens with zero attached hydrogens (tertiary/aromatic N) is 2. The Morgan fingerprint density at radius 3 is 2.79 bits per heavy atom. The van der Waals surface area contributed by atoms with E-state index >= 15 is 0 Å². The quantitative estimate of drug-likeness (QED) is 0.923. The molecule has 3 nitrogen and oxygen atoms in total. The number of halogens is 1. The molecule has 4 heteroatoms. The normalized spacial score (nSPS) is 22.3. The van der Waals surface area contributed by atoms with Crippen LogP contribution < -0.4 is 4.90 Å². The lowest BCUT2D eigenvalue weighted by molar-refractivity contribution is 0.199. The van der Waals surface area contributed by atoms with E-state index in [1.54, 1.807) is 6.92 Å². The first-order valence-electron chi connectivity index (χ1n) is 6.88. The largest absolute Gasteiger partial charge is 0.389 e. The third kappa shape index (κ3) is 3.41. The second-order valence-corrected chi connectivity index (χ2v) is 5.96. The number of rotatable bonds is 3. The Hall–Kier alpha value is -0.770. The van der Waals surface area contributed by atoms with Gasteiger partial charge in [0.1, 0.15) is 0 Å². The predicted molar refractivity (Wildman–Crippen MR) is 81.0 cm³/mol. The molecule has 2 unspecified atom stereocenters. The first-order chi connectivity index (χ1) is 8.99. The van der Waals surface area contributed by atoms with Crippen LogP contribution in [0.2, 0.25) is 5.02 Å². The average Bonchev–Trinajstić information content (AvgIpc) is 2.37. The first kappa shape index (κ1) is 14.6. The molecule has 0 amide bonds. The zero-order valence-corrected chi connectivity index (χ0v) is 12.7. The lowest BCUT2D eigenvalue weighted by Gasteiger charge is -2.37. The number of aliphatic hydroxyl groups is 1. The predicted octanol–water partition coefficient (Wildman–Crippen LogP) is 2.92. The Balaban J connectivity index is 2.15. The molecule has 1 aliphatic rings. The Bertz CT molecular complexity index is 436. The Morgan fingerprint density at radius 2 is 2.21 bits per heavy atom. The van der Waals surface area contributed by atoms with Gasteiger partial charge >= 0.3 is 0 Å². The zero-order chi connectivity index (χ0) is 14.0. The molecule has 0 radical (unpaired) electrons. The van der Waals surface area contributed by atoms with E-state index in [1.807, 2.05) is 18.2 Å². The number of aliphatic hydroxyl groups excluding tert-OH is 1. The molecular formula is C15H23ClN2O. The smallest absolute Gasteiger partial charge is 0.0776 e.